The summed E-state index contributed by atoms with van der Waals surface area (Å²) in [5.74, 6) is -0.256. The first-order chi connectivity index (χ1) is 12.0. The van der Waals surface area contributed by atoms with E-state index in [0.29, 0.717) is 26.2 Å². The third kappa shape index (κ3) is 4.44. The molecular formula is C18H25ClN4O2. The van der Waals surface area contributed by atoms with Crippen molar-refractivity contribution in [3.8, 4) is 0 Å². The molecule has 2 fully saturated rings. The highest BCUT2D eigenvalue weighted by Gasteiger charge is 2.28. The third-order valence-corrected chi connectivity index (χ3v) is 5.41. The van der Waals surface area contributed by atoms with Crippen molar-refractivity contribution in [1.82, 2.24) is 9.80 Å². The zero-order valence-corrected chi connectivity index (χ0v) is 15.1. The molecule has 0 radical (unpaired) electrons. The van der Waals surface area contributed by atoms with Gasteiger partial charge in [0.25, 0.3) is 0 Å². The van der Waals surface area contributed by atoms with Gasteiger partial charge in [0.2, 0.25) is 11.8 Å². The number of carbonyl (C=O) groups is 2. The van der Waals surface area contributed by atoms with Crippen molar-refractivity contribution in [3.05, 3.63) is 29.3 Å². The molecule has 2 amide bonds. The molecule has 0 unspecified atom stereocenters. The van der Waals surface area contributed by atoms with E-state index in [9.17, 15) is 9.59 Å². The van der Waals surface area contributed by atoms with Crippen molar-refractivity contribution in [1.29, 1.82) is 0 Å². The average molecular weight is 365 g/mol. The van der Waals surface area contributed by atoms with Crippen LogP contribution in [0, 0.1) is 5.92 Å². The molecule has 3 rings (SSSR count). The standard InChI is InChI=1S/C18H25ClN4O2/c19-15-5-1-2-6-16(15)22-8-10-23(11-9-22)17(24)13-21-7-3-4-14(12-21)18(20)25/h1-2,5-6,14H,3-4,7-13H2,(H2,20,25)/t14-/m0/s1. The van der Waals surface area contributed by atoms with Crippen LogP contribution < -0.4 is 10.6 Å². The van der Waals surface area contributed by atoms with Gasteiger partial charge in [-0.2, -0.15) is 0 Å². The highest BCUT2D eigenvalue weighted by Crippen LogP contribution is 2.26. The molecule has 2 saturated heterocycles. The number of hydrogen-bond donors (Lipinski definition) is 1. The molecule has 2 aliphatic heterocycles. The number of carbonyl (C=O) groups excluding carboxylic acids is 2. The van der Waals surface area contributed by atoms with Crippen LogP contribution in [0.4, 0.5) is 5.69 Å². The average Bonchev–Trinajstić information content (AvgIpc) is 2.62. The van der Waals surface area contributed by atoms with Gasteiger partial charge in [-0.25, -0.2) is 0 Å². The zero-order chi connectivity index (χ0) is 17.8. The number of piperidine rings is 1. The molecule has 136 valence electrons. The van der Waals surface area contributed by atoms with E-state index in [2.05, 4.69) is 9.80 Å². The highest BCUT2D eigenvalue weighted by molar-refractivity contribution is 6.33. The lowest BCUT2D eigenvalue weighted by Crippen LogP contribution is -2.52. The Morgan fingerprint density at radius 3 is 2.52 bits per heavy atom. The number of anilines is 1. The molecule has 25 heavy (non-hydrogen) atoms. The molecule has 2 aliphatic rings. The zero-order valence-electron chi connectivity index (χ0n) is 14.4. The lowest BCUT2D eigenvalue weighted by Gasteiger charge is -2.38. The molecule has 7 heteroatoms. The second-order valence-corrected chi connectivity index (χ2v) is 7.20. The van der Waals surface area contributed by atoms with E-state index in [1.165, 1.54) is 0 Å². The Bertz CT molecular complexity index is 631. The van der Waals surface area contributed by atoms with E-state index in [0.717, 1.165) is 43.2 Å². The molecule has 2 heterocycles. The summed E-state index contributed by atoms with van der Waals surface area (Å²) in [7, 11) is 0. The van der Waals surface area contributed by atoms with Crippen LogP contribution in [-0.2, 0) is 9.59 Å². The number of amides is 2. The summed E-state index contributed by atoms with van der Waals surface area (Å²) in [6.45, 7) is 4.76. The number of nitrogens with zero attached hydrogens (tertiary/aromatic N) is 3. The van der Waals surface area contributed by atoms with Crippen LogP contribution in [0.15, 0.2) is 24.3 Å². The Morgan fingerprint density at radius 2 is 1.84 bits per heavy atom. The van der Waals surface area contributed by atoms with Crippen LogP contribution in [-0.4, -0.2) is 67.4 Å². The summed E-state index contributed by atoms with van der Waals surface area (Å²) in [5.41, 5.74) is 6.43. The van der Waals surface area contributed by atoms with Crippen molar-refractivity contribution >= 4 is 29.1 Å². The maximum Gasteiger partial charge on any atom is 0.236 e. The number of halogens is 1. The predicted molar refractivity (Wildman–Crippen MR) is 98.6 cm³/mol. The Hall–Kier alpha value is -1.79. The minimum absolute atomic E-state index is 0.126. The van der Waals surface area contributed by atoms with Crippen molar-refractivity contribution in [2.75, 3.05) is 50.7 Å². The van der Waals surface area contributed by atoms with Gasteiger partial charge in [-0.3, -0.25) is 14.5 Å². The lowest BCUT2D eigenvalue weighted by atomic mass is 9.97. The van der Waals surface area contributed by atoms with Crippen LogP contribution in [0.2, 0.25) is 5.02 Å². The molecular weight excluding hydrogens is 340 g/mol. The Balaban J connectivity index is 1.50. The number of rotatable bonds is 4. The first-order valence-corrected chi connectivity index (χ1v) is 9.21. The summed E-state index contributed by atoms with van der Waals surface area (Å²) >= 11 is 6.26. The van der Waals surface area contributed by atoms with Crippen molar-refractivity contribution in [3.63, 3.8) is 0 Å². The minimum Gasteiger partial charge on any atom is -0.369 e. The van der Waals surface area contributed by atoms with Gasteiger partial charge in [-0.1, -0.05) is 23.7 Å². The maximum absolute atomic E-state index is 12.6. The van der Waals surface area contributed by atoms with E-state index in [1.807, 2.05) is 29.2 Å². The molecule has 1 atom stereocenters. The molecule has 0 spiro atoms. The van der Waals surface area contributed by atoms with Gasteiger partial charge in [-0.05, 0) is 31.5 Å². The van der Waals surface area contributed by atoms with E-state index in [4.69, 9.17) is 17.3 Å². The predicted octanol–water partition coefficient (Wildman–Crippen LogP) is 1.19. The van der Waals surface area contributed by atoms with Crippen LogP contribution in [0.3, 0.4) is 0 Å². The quantitative estimate of drug-likeness (QED) is 0.871. The maximum atomic E-state index is 12.6. The number of para-hydroxylation sites is 1. The summed E-state index contributed by atoms with van der Waals surface area (Å²) in [5, 5.41) is 0.744. The molecule has 1 aromatic rings. The minimum atomic E-state index is -0.259. The summed E-state index contributed by atoms with van der Waals surface area (Å²) < 4.78 is 0. The Morgan fingerprint density at radius 1 is 1.12 bits per heavy atom. The van der Waals surface area contributed by atoms with Gasteiger partial charge in [0.05, 0.1) is 23.2 Å². The second-order valence-electron chi connectivity index (χ2n) is 6.80. The molecule has 1 aromatic carbocycles. The molecule has 2 N–H and O–H groups in total. The lowest BCUT2D eigenvalue weighted by molar-refractivity contribution is -0.134. The number of nitrogens with two attached hydrogens (primary N) is 1. The topological polar surface area (TPSA) is 69.9 Å². The highest BCUT2D eigenvalue weighted by atomic mass is 35.5. The largest absolute Gasteiger partial charge is 0.369 e. The number of benzene rings is 1. The first kappa shape index (κ1) is 18.0. The van der Waals surface area contributed by atoms with Crippen LogP contribution >= 0.6 is 11.6 Å². The molecule has 6 nitrogen and oxygen atoms in total. The third-order valence-electron chi connectivity index (χ3n) is 5.09. The monoisotopic (exact) mass is 364 g/mol. The summed E-state index contributed by atoms with van der Waals surface area (Å²) in [6, 6.07) is 7.80. The normalized spacial score (nSPS) is 22.0. The van der Waals surface area contributed by atoms with E-state index in [-0.39, 0.29) is 17.7 Å². The van der Waals surface area contributed by atoms with Gasteiger partial charge in [0.1, 0.15) is 0 Å². The van der Waals surface area contributed by atoms with Gasteiger partial charge in [0.15, 0.2) is 0 Å². The van der Waals surface area contributed by atoms with Crippen molar-refractivity contribution in [2.45, 2.75) is 12.8 Å². The molecule has 0 bridgehead atoms. The first-order valence-electron chi connectivity index (χ1n) is 8.83. The van der Waals surface area contributed by atoms with Gasteiger partial charge in [-0.15, -0.1) is 0 Å². The van der Waals surface area contributed by atoms with Gasteiger partial charge in [0, 0.05) is 32.7 Å². The van der Waals surface area contributed by atoms with E-state index < -0.39 is 0 Å². The summed E-state index contributed by atoms with van der Waals surface area (Å²) in [4.78, 5) is 30.1. The van der Waals surface area contributed by atoms with Crippen LogP contribution in [0.25, 0.3) is 0 Å². The van der Waals surface area contributed by atoms with Gasteiger partial charge < -0.3 is 15.5 Å². The van der Waals surface area contributed by atoms with Crippen LogP contribution in [0.1, 0.15) is 12.8 Å². The number of hydrogen-bond acceptors (Lipinski definition) is 4. The SMILES string of the molecule is NC(=O)[C@H]1CCCN(CC(=O)N2CCN(c3ccccc3Cl)CC2)C1. The van der Waals surface area contributed by atoms with Crippen LogP contribution in [0.5, 0.6) is 0 Å². The van der Waals surface area contributed by atoms with E-state index in [1.54, 1.807) is 0 Å². The fraction of sp³-hybridized carbons (Fsp3) is 0.556. The van der Waals surface area contributed by atoms with Crippen molar-refractivity contribution in [2.24, 2.45) is 11.7 Å². The molecule has 0 aliphatic carbocycles. The fourth-order valence-electron chi connectivity index (χ4n) is 3.63. The van der Waals surface area contributed by atoms with E-state index >= 15 is 0 Å². The fourth-order valence-corrected chi connectivity index (χ4v) is 3.88. The molecule has 0 saturated carbocycles. The van der Waals surface area contributed by atoms with Crippen molar-refractivity contribution < 1.29 is 9.59 Å². The Kier molecular flexibility index (Phi) is 5.81. The molecule has 0 aromatic heterocycles. The summed E-state index contributed by atoms with van der Waals surface area (Å²) in [6.07, 6.45) is 1.75. The number of piperazine rings is 1. The second kappa shape index (κ2) is 8.06. The Labute approximate surface area is 153 Å². The number of likely N-dealkylation sites (tertiary alicyclic amines) is 1. The van der Waals surface area contributed by atoms with Gasteiger partial charge >= 0.3 is 0 Å². The smallest absolute Gasteiger partial charge is 0.236 e. The number of primary amides is 1.